The maximum atomic E-state index is 11.9. The molecule has 3 heterocycles. The van der Waals surface area contributed by atoms with Crippen molar-refractivity contribution in [2.24, 2.45) is 0 Å². The van der Waals surface area contributed by atoms with Gasteiger partial charge in [0.1, 0.15) is 12.4 Å². The van der Waals surface area contributed by atoms with Gasteiger partial charge in [-0.1, -0.05) is 18.0 Å². The first kappa shape index (κ1) is 23.3. The third-order valence-corrected chi connectivity index (χ3v) is 5.32. The summed E-state index contributed by atoms with van der Waals surface area (Å²) >= 11 is 6.16. The van der Waals surface area contributed by atoms with Crippen LogP contribution < -0.4 is 4.74 Å². The minimum atomic E-state index is -4.26. The Labute approximate surface area is 185 Å². The van der Waals surface area contributed by atoms with Crippen LogP contribution >= 0.6 is 11.6 Å². The van der Waals surface area contributed by atoms with Gasteiger partial charge in [-0.05, 0) is 69.3 Å². The zero-order chi connectivity index (χ0) is 22.3. The molecule has 0 atom stereocenters. The van der Waals surface area contributed by atoms with E-state index in [0.717, 1.165) is 41.5 Å². The van der Waals surface area contributed by atoms with E-state index in [1.165, 1.54) is 39.3 Å². The molecule has 166 valence electrons. The molecule has 1 saturated heterocycles. The molecule has 0 unspecified atom stereocenters. The van der Waals surface area contributed by atoms with Gasteiger partial charge in [0.2, 0.25) is 0 Å². The summed E-state index contributed by atoms with van der Waals surface area (Å²) < 4.78 is 41.8. The van der Waals surface area contributed by atoms with Gasteiger partial charge in [-0.25, -0.2) is 0 Å². The second-order valence-corrected chi connectivity index (χ2v) is 7.79. The van der Waals surface area contributed by atoms with E-state index in [2.05, 4.69) is 14.9 Å². The van der Waals surface area contributed by atoms with Crippen molar-refractivity contribution in [1.82, 2.24) is 14.9 Å². The number of aromatic nitrogens is 2. The van der Waals surface area contributed by atoms with Crippen LogP contribution in [-0.2, 0) is 6.18 Å². The fraction of sp³-hybridized carbons (Fsp3) is 0.391. The fourth-order valence-corrected chi connectivity index (χ4v) is 3.64. The van der Waals surface area contributed by atoms with Crippen molar-refractivity contribution in [3.63, 3.8) is 0 Å². The van der Waals surface area contributed by atoms with E-state index in [0.29, 0.717) is 17.3 Å². The minimum Gasteiger partial charge on any atom is -0.492 e. The number of pyridine rings is 2. The number of rotatable bonds is 4. The number of hydrogen-bond donors (Lipinski definition) is 0. The highest BCUT2D eigenvalue weighted by Crippen LogP contribution is 2.30. The van der Waals surface area contributed by atoms with E-state index >= 15 is 0 Å². The lowest BCUT2D eigenvalue weighted by atomic mass is 10.1. The predicted octanol–water partition coefficient (Wildman–Crippen LogP) is 6.16. The van der Waals surface area contributed by atoms with Crippen molar-refractivity contribution >= 4 is 22.5 Å². The molecule has 0 amide bonds. The molecule has 1 aromatic carbocycles. The van der Waals surface area contributed by atoms with Crippen molar-refractivity contribution in [3.05, 3.63) is 65.1 Å². The van der Waals surface area contributed by atoms with Crippen LogP contribution in [0.2, 0.25) is 5.02 Å². The van der Waals surface area contributed by atoms with Crippen molar-refractivity contribution < 1.29 is 17.9 Å². The van der Waals surface area contributed by atoms with Crippen LogP contribution in [0.1, 0.15) is 30.5 Å². The number of aryl methyl sites for hydroxylation is 1. The molecule has 3 aromatic rings. The number of halogens is 4. The van der Waals surface area contributed by atoms with Crippen LogP contribution in [-0.4, -0.2) is 41.1 Å². The number of piperidine rings is 1. The number of hydrogen-bond acceptors (Lipinski definition) is 4. The summed E-state index contributed by atoms with van der Waals surface area (Å²) in [5, 5.41) is 1.66. The van der Waals surface area contributed by atoms with Gasteiger partial charge in [0.25, 0.3) is 0 Å². The van der Waals surface area contributed by atoms with Crippen molar-refractivity contribution in [3.8, 4) is 5.75 Å². The SMILES string of the molecule is Cc1cc(C(F)(F)F)ccn1.Clc1ccc(OCCN2CCCCC2)c2cccnc12. The highest BCUT2D eigenvalue weighted by Gasteiger charge is 2.30. The highest BCUT2D eigenvalue weighted by molar-refractivity contribution is 6.35. The van der Waals surface area contributed by atoms with Crippen molar-refractivity contribution in [2.45, 2.75) is 32.4 Å². The molecule has 1 aliphatic heterocycles. The van der Waals surface area contributed by atoms with Gasteiger partial charge in [-0.15, -0.1) is 0 Å². The number of benzene rings is 1. The first-order valence-corrected chi connectivity index (χ1v) is 10.6. The number of alkyl halides is 3. The van der Waals surface area contributed by atoms with E-state index in [-0.39, 0.29) is 0 Å². The van der Waals surface area contributed by atoms with Crippen LogP contribution in [0.15, 0.2) is 48.8 Å². The van der Waals surface area contributed by atoms with Gasteiger partial charge in [-0.2, -0.15) is 13.2 Å². The first-order valence-electron chi connectivity index (χ1n) is 10.2. The standard InChI is InChI=1S/C16H19ClN2O.C7H6F3N/c17-14-6-7-15(13-5-4-8-18-16(13)14)20-12-11-19-9-2-1-3-10-19;1-5-4-6(2-3-11-5)7(8,9)10/h4-8H,1-3,9-12H2;2-4H,1H3. The Morgan fingerprint density at radius 2 is 1.81 bits per heavy atom. The molecule has 1 fully saturated rings. The van der Waals surface area contributed by atoms with Crippen LogP contribution in [0.3, 0.4) is 0 Å². The lowest BCUT2D eigenvalue weighted by Crippen LogP contribution is -2.33. The smallest absolute Gasteiger partial charge is 0.416 e. The monoisotopic (exact) mass is 451 g/mol. The summed E-state index contributed by atoms with van der Waals surface area (Å²) in [6.45, 7) is 5.63. The number of nitrogens with zero attached hydrogens (tertiary/aromatic N) is 3. The first-order chi connectivity index (χ1) is 14.8. The van der Waals surface area contributed by atoms with Gasteiger partial charge in [0.15, 0.2) is 0 Å². The van der Waals surface area contributed by atoms with Gasteiger partial charge in [0.05, 0.1) is 16.1 Å². The Hall–Kier alpha value is -2.38. The molecule has 0 aliphatic carbocycles. The summed E-state index contributed by atoms with van der Waals surface area (Å²) in [6.07, 6.45) is 2.64. The normalized spacial score (nSPS) is 14.7. The van der Waals surface area contributed by atoms with Gasteiger partial charge in [0, 0.05) is 30.0 Å². The third kappa shape index (κ3) is 6.80. The van der Waals surface area contributed by atoms with Crippen LogP contribution in [0.5, 0.6) is 5.75 Å². The lowest BCUT2D eigenvalue weighted by Gasteiger charge is -2.26. The Bertz CT molecular complexity index is 991. The van der Waals surface area contributed by atoms with Gasteiger partial charge >= 0.3 is 6.18 Å². The molecule has 0 radical (unpaired) electrons. The summed E-state index contributed by atoms with van der Waals surface area (Å²) in [4.78, 5) is 10.4. The minimum absolute atomic E-state index is 0.375. The Morgan fingerprint density at radius 3 is 2.48 bits per heavy atom. The number of likely N-dealkylation sites (tertiary alicyclic amines) is 1. The van der Waals surface area contributed by atoms with Crippen LogP contribution in [0, 0.1) is 6.92 Å². The van der Waals surface area contributed by atoms with Gasteiger partial charge < -0.3 is 4.74 Å². The fourth-order valence-electron chi connectivity index (χ4n) is 3.43. The molecule has 8 heteroatoms. The van der Waals surface area contributed by atoms with Crippen molar-refractivity contribution in [2.75, 3.05) is 26.2 Å². The predicted molar refractivity (Wildman–Crippen MR) is 117 cm³/mol. The summed E-state index contributed by atoms with van der Waals surface area (Å²) in [5.41, 5.74) is 0.537. The number of ether oxygens (including phenoxy) is 1. The zero-order valence-corrected chi connectivity index (χ0v) is 18.1. The molecule has 0 saturated carbocycles. The quantitative estimate of drug-likeness (QED) is 0.476. The van der Waals surface area contributed by atoms with Crippen LogP contribution in [0.25, 0.3) is 10.9 Å². The average molecular weight is 452 g/mol. The molecule has 1 aliphatic rings. The highest BCUT2D eigenvalue weighted by atomic mass is 35.5. The average Bonchev–Trinajstić information content (AvgIpc) is 2.76. The van der Waals surface area contributed by atoms with Gasteiger partial charge in [-0.3, -0.25) is 14.9 Å². The molecular weight excluding hydrogens is 427 g/mol. The van der Waals surface area contributed by atoms with E-state index in [1.54, 1.807) is 6.20 Å². The second-order valence-electron chi connectivity index (χ2n) is 7.38. The van der Waals surface area contributed by atoms with Crippen LogP contribution in [0.4, 0.5) is 13.2 Å². The van der Waals surface area contributed by atoms with Crippen molar-refractivity contribution in [1.29, 1.82) is 0 Å². The maximum absolute atomic E-state index is 11.9. The number of fused-ring (bicyclic) bond motifs is 1. The third-order valence-electron chi connectivity index (χ3n) is 5.02. The van der Waals surface area contributed by atoms with E-state index in [9.17, 15) is 13.2 Å². The summed E-state index contributed by atoms with van der Waals surface area (Å²) in [5.74, 6) is 0.870. The molecule has 0 N–H and O–H groups in total. The lowest BCUT2D eigenvalue weighted by molar-refractivity contribution is -0.137. The molecule has 0 spiro atoms. The molecule has 31 heavy (non-hydrogen) atoms. The van der Waals surface area contributed by atoms with E-state index < -0.39 is 11.7 Å². The molecule has 4 nitrogen and oxygen atoms in total. The molecule has 4 rings (SSSR count). The molecule has 2 aromatic heterocycles. The molecule has 0 bridgehead atoms. The Kier molecular flexibility index (Phi) is 8.09. The summed E-state index contributed by atoms with van der Waals surface area (Å²) in [6, 6.07) is 9.67. The molecular formula is C23H25ClF3N3O. The second kappa shape index (κ2) is 10.8. The summed E-state index contributed by atoms with van der Waals surface area (Å²) in [7, 11) is 0. The topological polar surface area (TPSA) is 38.2 Å². The Morgan fingerprint density at radius 1 is 1.03 bits per heavy atom. The van der Waals surface area contributed by atoms with E-state index in [4.69, 9.17) is 16.3 Å². The Balaban J connectivity index is 0.000000210. The largest absolute Gasteiger partial charge is 0.492 e. The maximum Gasteiger partial charge on any atom is 0.416 e. The zero-order valence-electron chi connectivity index (χ0n) is 17.3. The van der Waals surface area contributed by atoms with E-state index in [1.807, 2.05) is 24.3 Å².